The van der Waals surface area contributed by atoms with Crippen LogP contribution in [0.3, 0.4) is 0 Å². The maximum absolute atomic E-state index is 12.1. The van der Waals surface area contributed by atoms with Gasteiger partial charge in [0, 0.05) is 23.7 Å². The third-order valence-electron chi connectivity index (χ3n) is 2.57. The van der Waals surface area contributed by atoms with Crippen LogP contribution in [-0.4, -0.2) is 30.0 Å². The number of aliphatic hydroxyl groups is 1. The highest BCUT2D eigenvalue weighted by Gasteiger charge is 2.07. The third-order valence-corrected chi connectivity index (χ3v) is 3.29. The lowest BCUT2D eigenvalue weighted by atomic mass is 10.1. The van der Waals surface area contributed by atoms with Crippen LogP contribution < -0.4 is 10.6 Å². The predicted octanol–water partition coefficient (Wildman–Crippen LogP) is 3.14. The van der Waals surface area contributed by atoms with Crippen molar-refractivity contribution in [3.05, 3.63) is 24.3 Å². The zero-order valence-corrected chi connectivity index (χ0v) is 11.9. The SMILES string of the molecule is CC(CCO)CNC(=O)Nc1ccc(SC(F)F)cc1. The van der Waals surface area contributed by atoms with E-state index in [-0.39, 0.29) is 18.6 Å². The summed E-state index contributed by atoms with van der Waals surface area (Å²) in [5.74, 6) is -2.26. The lowest BCUT2D eigenvalue weighted by Gasteiger charge is -2.12. The lowest BCUT2D eigenvalue weighted by Crippen LogP contribution is -2.32. The molecule has 0 fully saturated rings. The Morgan fingerprint density at radius 2 is 2.00 bits per heavy atom. The number of urea groups is 1. The highest BCUT2D eigenvalue weighted by Crippen LogP contribution is 2.26. The van der Waals surface area contributed by atoms with Crippen LogP contribution in [0.5, 0.6) is 0 Å². The molecule has 0 aliphatic heterocycles. The van der Waals surface area contributed by atoms with Gasteiger partial charge in [0.2, 0.25) is 0 Å². The largest absolute Gasteiger partial charge is 0.396 e. The van der Waals surface area contributed by atoms with Gasteiger partial charge in [-0.25, -0.2) is 4.79 Å². The van der Waals surface area contributed by atoms with Crippen molar-refractivity contribution < 1.29 is 18.7 Å². The Labute approximate surface area is 120 Å². The molecule has 1 aromatic rings. The Morgan fingerprint density at radius 1 is 1.35 bits per heavy atom. The standard InChI is InChI=1S/C13H18F2N2O2S/c1-9(6-7-18)8-16-13(19)17-10-2-4-11(5-3-10)20-12(14)15/h2-5,9,12,18H,6-8H2,1H3,(H2,16,17,19). The van der Waals surface area contributed by atoms with E-state index in [1.54, 1.807) is 12.1 Å². The van der Waals surface area contributed by atoms with Crippen LogP contribution in [0.15, 0.2) is 29.2 Å². The van der Waals surface area contributed by atoms with Crippen molar-refractivity contribution in [1.29, 1.82) is 0 Å². The Balaban J connectivity index is 2.38. The second kappa shape index (κ2) is 8.76. The molecule has 112 valence electrons. The molecule has 4 nitrogen and oxygen atoms in total. The molecule has 7 heteroatoms. The number of amides is 2. The Kier molecular flexibility index (Phi) is 7.32. The second-order valence-electron chi connectivity index (χ2n) is 4.36. The minimum absolute atomic E-state index is 0.0910. The summed E-state index contributed by atoms with van der Waals surface area (Å²) in [7, 11) is 0. The van der Waals surface area contributed by atoms with Crippen LogP contribution in [0.25, 0.3) is 0 Å². The first-order valence-corrected chi connectivity index (χ1v) is 7.10. The molecule has 1 rings (SSSR count). The van der Waals surface area contributed by atoms with Gasteiger partial charge in [-0.05, 0) is 36.6 Å². The molecule has 1 atom stereocenters. The maximum Gasteiger partial charge on any atom is 0.319 e. The fourth-order valence-corrected chi connectivity index (χ4v) is 1.98. The number of nitrogens with one attached hydrogen (secondary N) is 2. The molecule has 1 aromatic carbocycles. The Morgan fingerprint density at radius 3 is 2.55 bits per heavy atom. The highest BCUT2D eigenvalue weighted by atomic mass is 32.2. The number of aliphatic hydroxyl groups excluding tert-OH is 1. The number of benzene rings is 1. The summed E-state index contributed by atoms with van der Waals surface area (Å²) >= 11 is 0.460. The van der Waals surface area contributed by atoms with Crippen molar-refractivity contribution in [1.82, 2.24) is 5.32 Å². The molecule has 20 heavy (non-hydrogen) atoms. The normalized spacial score (nSPS) is 12.2. The zero-order chi connectivity index (χ0) is 15.0. The Bertz CT molecular complexity index is 415. The molecule has 0 saturated heterocycles. The summed E-state index contributed by atoms with van der Waals surface area (Å²) in [5.41, 5.74) is 0.538. The van der Waals surface area contributed by atoms with Gasteiger partial charge in [0.05, 0.1) is 0 Å². The monoisotopic (exact) mass is 304 g/mol. The number of alkyl halides is 2. The first-order valence-electron chi connectivity index (χ1n) is 6.22. The van der Waals surface area contributed by atoms with E-state index in [0.717, 1.165) is 0 Å². The van der Waals surface area contributed by atoms with Crippen LogP contribution in [0.4, 0.5) is 19.3 Å². The molecule has 0 radical (unpaired) electrons. The van der Waals surface area contributed by atoms with Crippen LogP contribution in [0, 0.1) is 5.92 Å². The summed E-state index contributed by atoms with van der Waals surface area (Å²) in [6.07, 6.45) is 0.625. The highest BCUT2D eigenvalue weighted by molar-refractivity contribution is 7.99. The quantitative estimate of drug-likeness (QED) is 0.678. The molecule has 2 amide bonds. The van der Waals surface area contributed by atoms with Crippen molar-refractivity contribution in [2.24, 2.45) is 5.92 Å². The van der Waals surface area contributed by atoms with Gasteiger partial charge < -0.3 is 15.7 Å². The summed E-state index contributed by atoms with van der Waals surface area (Å²) in [5, 5.41) is 14.0. The van der Waals surface area contributed by atoms with E-state index >= 15 is 0 Å². The number of carbonyl (C=O) groups excluding carboxylic acids is 1. The van der Waals surface area contributed by atoms with E-state index < -0.39 is 5.76 Å². The Hall–Kier alpha value is -1.34. The number of halogens is 2. The number of carbonyl (C=O) groups is 1. The average Bonchev–Trinajstić information content (AvgIpc) is 2.38. The van der Waals surface area contributed by atoms with Crippen LogP contribution >= 0.6 is 11.8 Å². The fourth-order valence-electron chi connectivity index (χ4n) is 1.48. The van der Waals surface area contributed by atoms with E-state index in [0.29, 0.717) is 35.3 Å². The first kappa shape index (κ1) is 16.7. The van der Waals surface area contributed by atoms with Gasteiger partial charge in [-0.1, -0.05) is 18.7 Å². The number of rotatable bonds is 7. The third kappa shape index (κ3) is 6.72. The van der Waals surface area contributed by atoms with Gasteiger partial charge in [0.1, 0.15) is 0 Å². The predicted molar refractivity (Wildman–Crippen MR) is 76.2 cm³/mol. The van der Waals surface area contributed by atoms with Crippen molar-refractivity contribution in [3.63, 3.8) is 0 Å². The van der Waals surface area contributed by atoms with Gasteiger partial charge >= 0.3 is 6.03 Å². The van der Waals surface area contributed by atoms with Crippen LogP contribution in [0.2, 0.25) is 0 Å². The van der Waals surface area contributed by atoms with Gasteiger partial charge in [-0.15, -0.1) is 0 Å². The van der Waals surface area contributed by atoms with Gasteiger partial charge in [0.15, 0.2) is 0 Å². The van der Waals surface area contributed by atoms with E-state index in [1.807, 2.05) is 6.92 Å². The second-order valence-corrected chi connectivity index (χ2v) is 5.42. The minimum atomic E-state index is -2.45. The van der Waals surface area contributed by atoms with Gasteiger partial charge in [-0.2, -0.15) is 8.78 Å². The van der Waals surface area contributed by atoms with Crippen molar-refractivity contribution in [2.45, 2.75) is 24.0 Å². The smallest absolute Gasteiger partial charge is 0.319 e. The maximum atomic E-state index is 12.1. The number of hydrogen-bond acceptors (Lipinski definition) is 3. The fraction of sp³-hybridized carbons (Fsp3) is 0.462. The molecular formula is C13H18F2N2O2S. The van der Waals surface area contributed by atoms with Crippen LogP contribution in [-0.2, 0) is 0 Å². The van der Waals surface area contributed by atoms with Crippen molar-refractivity contribution in [3.8, 4) is 0 Å². The minimum Gasteiger partial charge on any atom is -0.396 e. The van der Waals surface area contributed by atoms with Gasteiger partial charge in [-0.3, -0.25) is 0 Å². The average molecular weight is 304 g/mol. The molecule has 0 aliphatic rings. The first-order chi connectivity index (χ1) is 9.51. The zero-order valence-electron chi connectivity index (χ0n) is 11.1. The molecule has 1 unspecified atom stereocenters. The molecule has 0 aromatic heterocycles. The van der Waals surface area contributed by atoms with E-state index in [4.69, 9.17) is 5.11 Å². The van der Waals surface area contributed by atoms with E-state index in [1.165, 1.54) is 12.1 Å². The molecule has 3 N–H and O–H groups in total. The molecule has 0 aliphatic carbocycles. The molecule has 0 bridgehead atoms. The van der Waals surface area contributed by atoms with Crippen molar-refractivity contribution in [2.75, 3.05) is 18.5 Å². The number of anilines is 1. The number of hydrogen-bond donors (Lipinski definition) is 3. The summed E-state index contributed by atoms with van der Waals surface area (Å²) in [6, 6.07) is 5.84. The number of thioether (sulfide) groups is 1. The van der Waals surface area contributed by atoms with E-state index in [9.17, 15) is 13.6 Å². The molecule has 0 heterocycles. The molecule has 0 spiro atoms. The molecule has 0 saturated carbocycles. The summed E-state index contributed by atoms with van der Waals surface area (Å²) < 4.78 is 24.3. The lowest BCUT2D eigenvalue weighted by molar-refractivity contribution is 0.243. The molecular weight excluding hydrogens is 286 g/mol. The topological polar surface area (TPSA) is 61.4 Å². The summed E-state index contributed by atoms with van der Waals surface area (Å²) in [6.45, 7) is 2.48. The van der Waals surface area contributed by atoms with E-state index in [2.05, 4.69) is 10.6 Å². The van der Waals surface area contributed by atoms with Crippen LogP contribution in [0.1, 0.15) is 13.3 Å². The van der Waals surface area contributed by atoms with Crippen molar-refractivity contribution >= 4 is 23.5 Å². The van der Waals surface area contributed by atoms with Gasteiger partial charge in [0.25, 0.3) is 5.76 Å². The summed E-state index contributed by atoms with van der Waals surface area (Å²) in [4.78, 5) is 12.0.